The highest BCUT2D eigenvalue weighted by Crippen LogP contribution is 2.22. The lowest BCUT2D eigenvalue weighted by Gasteiger charge is -1.89. The molecule has 5 heteroatoms. The van der Waals surface area contributed by atoms with Crippen LogP contribution in [-0.4, -0.2) is 16.1 Å². The molecule has 0 fully saturated rings. The molecule has 0 bridgehead atoms. The quantitative estimate of drug-likeness (QED) is 0.734. The van der Waals surface area contributed by atoms with E-state index >= 15 is 0 Å². The van der Waals surface area contributed by atoms with Crippen LogP contribution in [0.2, 0.25) is 0 Å². The number of aromatic nitrogens is 2. The lowest BCUT2D eigenvalue weighted by atomic mass is 10.3. The molecule has 0 aromatic carbocycles. The fourth-order valence-electron chi connectivity index (χ4n) is 1.12. The Labute approximate surface area is 85.9 Å². The van der Waals surface area contributed by atoms with Crippen molar-refractivity contribution < 1.29 is 8.83 Å². The molecule has 2 rings (SSSR count). The smallest absolute Gasteiger partial charge is 0.283 e. The molecule has 0 unspecified atom stereocenters. The minimum Gasteiger partial charge on any atom is -0.459 e. The van der Waals surface area contributed by atoms with Gasteiger partial charge in [0.2, 0.25) is 5.89 Å². The van der Waals surface area contributed by atoms with Crippen molar-refractivity contribution in [2.45, 2.75) is 13.3 Å². The van der Waals surface area contributed by atoms with Gasteiger partial charge < -0.3 is 8.83 Å². The Balaban J connectivity index is 2.29. The molecule has 0 radical (unpaired) electrons. The second-order valence-corrected chi connectivity index (χ2v) is 3.25. The zero-order valence-corrected chi connectivity index (χ0v) is 8.41. The Morgan fingerprint density at radius 1 is 1.43 bits per heavy atom. The van der Waals surface area contributed by atoms with E-state index in [4.69, 9.17) is 20.4 Å². The van der Waals surface area contributed by atoms with Gasteiger partial charge in [0.15, 0.2) is 5.76 Å². The van der Waals surface area contributed by atoms with Gasteiger partial charge in [-0.15, -0.1) is 21.8 Å². The summed E-state index contributed by atoms with van der Waals surface area (Å²) in [5.74, 6) is 2.04. The zero-order valence-electron chi connectivity index (χ0n) is 7.66. The molecular formula is C9H9ClN2O2. The van der Waals surface area contributed by atoms with Gasteiger partial charge in [0.25, 0.3) is 5.89 Å². The summed E-state index contributed by atoms with van der Waals surface area (Å²) in [4.78, 5) is 0. The summed E-state index contributed by atoms with van der Waals surface area (Å²) in [7, 11) is 0. The molecule has 4 nitrogen and oxygen atoms in total. The van der Waals surface area contributed by atoms with Gasteiger partial charge in [-0.25, -0.2) is 0 Å². The van der Waals surface area contributed by atoms with E-state index in [9.17, 15) is 0 Å². The molecule has 0 aliphatic heterocycles. The van der Waals surface area contributed by atoms with Crippen molar-refractivity contribution in [2.24, 2.45) is 0 Å². The fourth-order valence-corrected chi connectivity index (χ4v) is 1.28. The molecule has 0 saturated carbocycles. The average molecular weight is 213 g/mol. The Morgan fingerprint density at radius 3 is 2.93 bits per heavy atom. The number of halogens is 1. The van der Waals surface area contributed by atoms with Crippen molar-refractivity contribution in [3.8, 4) is 11.7 Å². The summed E-state index contributed by atoms with van der Waals surface area (Å²) in [5.41, 5.74) is 0.978. The van der Waals surface area contributed by atoms with E-state index in [0.717, 1.165) is 5.56 Å². The Morgan fingerprint density at radius 2 is 2.29 bits per heavy atom. The molecule has 0 saturated heterocycles. The van der Waals surface area contributed by atoms with Crippen LogP contribution in [-0.2, 0) is 6.42 Å². The largest absolute Gasteiger partial charge is 0.459 e. The maximum atomic E-state index is 5.55. The predicted molar refractivity (Wildman–Crippen MR) is 51.2 cm³/mol. The van der Waals surface area contributed by atoms with Gasteiger partial charge in [-0.2, -0.15) is 0 Å². The van der Waals surface area contributed by atoms with E-state index in [1.807, 2.05) is 13.0 Å². The molecule has 0 amide bonds. The van der Waals surface area contributed by atoms with E-state index in [0.29, 0.717) is 29.8 Å². The molecule has 74 valence electrons. The topological polar surface area (TPSA) is 52.1 Å². The van der Waals surface area contributed by atoms with E-state index in [2.05, 4.69) is 10.2 Å². The highest BCUT2D eigenvalue weighted by Gasteiger charge is 2.13. The van der Waals surface area contributed by atoms with Gasteiger partial charge in [-0.3, -0.25) is 0 Å². The third kappa shape index (κ3) is 1.65. The van der Waals surface area contributed by atoms with Gasteiger partial charge in [-0.1, -0.05) is 0 Å². The van der Waals surface area contributed by atoms with Gasteiger partial charge in [-0.05, 0) is 13.0 Å². The second kappa shape index (κ2) is 3.84. The summed E-state index contributed by atoms with van der Waals surface area (Å²) in [5, 5.41) is 7.71. The minimum atomic E-state index is 0.410. The molecule has 2 aromatic rings. The van der Waals surface area contributed by atoms with E-state index < -0.39 is 0 Å². The van der Waals surface area contributed by atoms with Crippen LogP contribution in [0.4, 0.5) is 0 Å². The molecule has 0 aliphatic rings. The Kier molecular flexibility index (Phi) is 2.54. The van der Waals surface area contributed by atoms with Crippen molar-refractivity contribution in [3.63, 3.8) is 0 Å². The van der Waals surface area contributed by atoms with E-state index in [1.54, 1.807) is 6.26 Å². The van der Waals surface area contributed by atoms with Crippen LogP contribution in [0.3, 0.4) is 0 Å². The first kappa shape index (κ1) is 9.27. The highest BCUT2D eigenvalue weighted by molar-refractivity contribution is 6.17. The molecule has 0 atom stereocenters. The first-order valence-corrected chi connectivity index (χ1v) is 4.77. The number of rotatable bonds is 3. The molecule has 2 aromatic heterocycles. The van der Waals surface area contributed by atoms with Crippen LogP contribution in [0, 0.1) is 6.92 Å². The lowest BCUT2D eigenvalue weighted by Crippen LogP contribution is -1.84. The van der Waals surface area contributed by atoms with Gasteiger partial charge in [0.1, 0.15) is 0 Å². The number of hydrogen-bond donors (Lipinski definition) is 0. The molecule has 0 spiro atoms. The van der Waals surface area contributed by atoms with E-state index in [-0.39, 0.29) is 0 Å². The van der Waals surface area contributed by atoms with Crippen molar-refractivity contribution in [1.82, 2.24) is 10.2 Å². The Hall–Kier alpha value is -1.29. The summed E-state index contributed by atoms with van der Waals surface area (Å²) in [6.45, 7) is 1.92. The summed E-state index contributed by atoms with van der Waals surface area (Å²) in [6, 6.07) is 1.85. The van der Waals surface area contributed by atoms with Crippen LogP contribution < -0.4 is 0 Å². The first-order chi connectivity index (χ1) is 6.81. The monoisotopic (exact) mass is 212 g/mol. The van der Waals surface area contributed by atoms with Gasteiger partial charge >= 0.3 is 0 Å². The standard InChI is InChI=1S/C9H9ClN2O2/c1-6-3-5-13-8(6)9-12-11-7(14-9)2-4-10/h3,5H,2,4H2,1H3. The SMILES string of the molecule is Cc1ccoc1-c1nnc(CCCl)o1. The van der Waals surface area contributed by atoms with Crippen LogP contribution in [0.1, 0.15) is 11.5 Å². The second-order valence-electron chi connectivity index (χ2n) is 2.87. The normalized spacial score (nSPS) is 10.7. The van der Waals surface area contributed by atoms with Crippen molar-refractivity contribution in [3.05, 3.63) is 23.8 Å². The molecule has 2 heterocycles. The number of alkyl halides is 1. The van der Waals surface area contributed by atoms with E-state index in [1.165, 1.54) is 0 Å². The van der Waals surface area contributed by atoms with Crippen molar-refractivity contribution in [1.29, 1.82) is 0 Å². The summed E-state index contributed by atoms with van der Waals surface area (Å²) >= 11 is 5.55. The van der Waals surface area contributed by atoms with Crippen LogP contribution in [0.25, 0.3) is 11.7 Å². The molecule has 0 N–H and O–H groups in total. The van der Waals surface area contributed by atoms with Crippen molar-refractivity contribution in [2.75, 3.05) is 5.88 Å². The summed E-state index contributed by atoms with van der Waals surface area (Å²) < 4.78 is 10.6. The fraction of sp³-hybridized carbons (Fsp3) is 0.333. The van der Waals surface area contributed by atoms with Crippen LogP contribution >= 0.6 is 11.6 Å². The number of hydrogen-bond acceptors (Lipinski definition) is 4. The third-order valence-corrected chi connectivity index (χ3v) is 2.02. The number of nitrogens with zero attached hydrogens (tertiary/aromatic N) is 2. The van der Waals surface area contributed by atoms with Crippen LogP contribution in [0.5, 0.6) is 0 Å². The van der Waals surface area contributed by atoms with Gasteiger partial charge in [0, 0.05) is 17.9 Å². The minimum absolute atomic E-state index is 0.410. The molecule has 14 heavy (non-hydrogen) atoms. The van der Waals surface area contributed by atoms with Crippen molar-refractivity contribution >= 4 is 11.6 Å². The Bertz CT molecular complexity index is 422. The maximum Gasteiger partial charge on any atom is 0.283 e. The first-order valence-electron chi connectivity index (χ1n) is 4.24. The predicted octanol–water partition coefficient (Wildman–Crippen LogP) is 2.42. The van der Waals surface area contributed by atoms with Gasteiger partial charge in [0.05, 0.1) is 6.26 Å². The molecule has 0 aliphatic carbocycles. The maximum absolute atomic E-state index is 5.55. The highest BCUT2D eigenvalue weighted by atomic mass is 35.5. The zero-order chi connectivity index (χ0) is 9.97. The lowest BCUT2D eigenvalue weighted by molar-refractivity contribution is 0.484. The molecular weight excluding hydrogens is 204 g/mol. The van der Waals surface area contributed by atoms with Crippen LogP contribution in [0.15, 0.2) is 21.2 Å². The number of furan rings is 1. The number of aryl methyl sites for hydroxylation is 2. The summed E-state index contributed by atoms with van der Waals surface area (Å²) in [6.07, 6.45) is 2.17. The average Bonchev–Trinajstić information content (AvgIpc) is 2.74. The third-order valence-electron chi connectivity index (χ3n) is 1.83.